The fourth-order valence-corrected chi connectivity index (χ4v) is 1.17. The highest BCUT2D eigenvalue weighted by molar-refractivity contribution is 6.04. The van der Waals surface area contributed by atoms with Gasteiger partial charge in [0.05, 0.1) is 10.4 Å². The van der Waals surface area contributed by atoms with Crippen LogP contribution in [0.3, 0.4) is 0 Å². The first-order valence-electron chi connectivity index (χ1n) is 3.92. The maximum Gasteiger partial charge on any atom is 0.0781 e. The number of unbranched alkanes of at least 4 members (excludes halogenated alkanes) is 3. The average molecular weight is 145 g/mol. The van der Waals surface area contributed by atoms with E-state index in [1.54, 1.807) is 0 Å². The van der Waals surface area contributed by atoms with Gasteiger partial charge in [0, 0.05) is 0 Å². The van der Waals surface area contributed by atoms with Gasteiger partial charge in [-0.25, -0.2) is 0 Å². The maximum atomic E-state index is 2.38. The first-order valence-corrected chi connectivity index (χ1v) is 4.81. The Labute approximate surface area is 61.9 Å². The molecule has 0 aliphatic rings. The summed E-state index contributed by atoms with van der Waals surface area (Å²) in [5.41, 5.74) is 0. The van der Waals surface area contributed by atoms with Crippen LogP contribution < -0.4 is 0 Å². The highest BCUT2D eigenvalue weighted by Crippen LogP contribution is 1.98. The van der Waals surface area contributed by atoms with E-state index in [9.17, 15) is 0 Å². The van der Waals surface area contributed by atoms with Crippen LogP contribution >= 0.6 is 0 Å². The predicted octanol–water partition coefficient (Wildman–Crippen LogP) is 0.779. The van der Waals surface area contributed by atoms with Crippen LogP contribution in [-0.2, 0) is 0 Å². The van der Waals surface area contributed by atoms with E-state index in [0.29, 0.717) is 0 Å². The van der Waals surface area contributed by atoms with Crippen LogP contribution in [0.25, 0.3) is 0 Å². The number of rotatable bonds is 5. The molecule has 0 aromatic carbocycles. The zero-order valence-corrected chi connectivity index (χ0v) is 8.98. The van der Waals surface area contributed by atoms with Crippen LogP contribution in [-0.4, -0.2) is 28.6 Å². The standard InChI is InChI=1S/C7H19NSi/c1-3-4-5-6-7-8(2)9/h3-7H2,1-2,9H3. The minimum Gasteiger partial charge on any atom is -0.335 e. The van der Waals surface area contributed by atoms with E-state index in [4.69, 9.17) is 0 Å². The highest BCUT2D eigenvalue weighted by Gasteiger charge is 1.88. The Kier molecular flexibility index (Phi) is 6.42. The lowest BCUT2D eigenvalue weighted by Gasteiger charge is -2.07. The van der Waals surface area contributed by atoms with Gasteiger partial charge in [0.25, 0.3) is 0 Å². The lowest BCUT2D eigenvalue weighted by atomic mass is 10.2. The molecule has 0 rings (SSSR count). The third kappa shape index (κ3) is 8.18. The van der Waals surface area contributed by atoms with E-state index in [-0.39, 0.29) is 0 Å². The second kappa shape index (κ2) is 6.30. The summed E-state index contributed by atoms with van der Waals surface area (Å²) in [5.74, 6) is 0. The Morgan fingerprint density at radius 3 is 2.33 bits per heavy atom. The quantitative estimate of drug-likeness (QED) is 0.408. The van der Waals surface area contributed by atoms with Crippen molar-refractivity contribution in [3.05, 3.63) is 0 Å². The molecule has 0 aromatic rings. The zero-order valence-electron chi connectivity index (χ0n) is 6.98. The third-order valence-corrected chi connectivity index (χ3v) is 1.91. The fraction of sp³-hybridized carbons (Fsp3) is 1.00. The molecule has 2 heteroatoms. The monoisotopic (exact) mass is 145 g/mol. The molecular weight excluding hydrogens is 126 g/mol. The molecule has 0 bridgehead atoms. The molecule has 1 nitrogen and oxygen atoms in total. The summed E-state index contributed by atoms with van der Waals surface area (Å²) in [7, 11) is 3.41. The first-order chi connectivity index (χ1) is 4.27. The molecule has 0 heterocycles. The van der Waals surface area contributed by atoms with E-state index < -0.39 is 0 Å². The Morgan fingerprint density at radius 1 is 1.22 bits per heavy atom. The third-order valence-electron chi connectivity index (χ3n) is 1.46. The van der Waals surface area contributed by atoms with Gasteiger partial charge in [-0.2, -0.15) is 0 Å². The van der Waals surface area contributed by atoms with Crippen LogP contribution in [0, 0.1) is 0 Å². The van der Waals surface area contributed by atoms with Gasteiger partial charge in [-0.05, 0) is 20.0 Å². The number of hydrogen-bond donors (Lipinski definition) is 0. The van der Waals surface area contributed by atoms with Crippen LogP contribution in [0.1, 0.15) is 32.6 Å². The molecular formula is C7H19NSi. The van der Waals surface area contributed by atoms with E-state index in [1.165, 1.54) is 42.6 Å². The molecule has 0 aromatic heterocycles. The second-order valence-electron chi connectivity index (χ2n) is 2.86. The van der Waals surface area contributed by atoms with Gasteiger partial charge in [-0.1, -0.05) is 26.2 Å². The molecule has 56 valence electrons. The summed E-state index contributed by atoms with van der Waals surface area (Å²) in [6.07, 6.45) is 5.58. The van der Waals surface area contributed by atoms with Crippen LogP contribution in [0.2, 0.25) is 0 Å². The summed E-state index contributed by atoms with van der Waals surface area (Å²) in [4.78, 5) is 0. The van der Waals surface area contributed by atoms with Gasteiger partial charge in [0.2, 0.25) is 0 Å². The fourth-order valence-electron chi connectivity index (χ4n) is 0.855. The molecule has 0 fully saturated rings. The maximum absolute atomic E-state index is 2.38. The minimum atomic E-state index is 1.22. The number of nitrogens with zero attached hydrogens (tertiary/aromatic N) is 1. The van der Waals surface area contributed by atoms with Gasteiger partial charge in [0.15, 0.2) is 0 Å². The predicted molar refractivity (Wildman–Crippen MR) is 46.7 cm³/mol. The topological polar surface area (TPSA) is 3.24 Å². The molecule has 0 radical (unpaired) electrons. The normalized spacial score (nSPS) is 11.0. The van der Waals surface area contributed by atoms with Crippen molar-refractivity contribution in [2.45, 2.75) is 32.6 Å². The largest absolute Gasteiger partial charge is 0.335 e. The molecule has 0 unspecified atom stereocenters. The Balaban J connectivity index is 2.75. The van der Waals surface area contributed by atoms with Crippen LogP contribution in [0.5, 0.6) is 0 Å². The zero-order chi connectivity index (χ0) is 7.11. The van der Waals surface area contributed by atoms with Gasteiger partial charge >= 0.3 is 0 Å². The SMILES string of the molecule is CCCCCCN(C)[SiH3]. The smallest absolute Gasteiger partial charge is 0.0781 e. The Bertz CT molecular complexity index is 54.9. The summed E-state index contributed by atoms with van der Waals surface area (Å²) < 4.78 is 2.38. The van der Waals surface area contributed by atoms with E-state index >= 15 is 0 Å². The van der Waals surface area contributed by atoms with Crippen LogP contribution in [0.15, 0.2) is 0 Å². The lowest BCUT2D eigenvalue weighted by Crippen LogP contribution is -2.14. The van der Waals surface area contributed by atoms with Crippen molar-refractivity contribution in [2.75, 3.05) is 13.6 Å². The summed E-state index contributed by atoms with van der Waals surface area (Å²) in [6, 6.07) is 0. The lowest BCUT2D eigenvalue weighted by molar-refractivity contribution is 0.502. The van der Waals surface area contributed by atoms with Crippen molar-refractivity contribution < 1.29 is 0 Å². The molecule has 0 spiro atoms. The van der Waals surface area contributed by atoms with Crippen molar-refractivity contribution in [3.63, 3.8) is 0 Å². The van der Waals surface area contributed by atoms with Crippen molar-refractivity contribution in [2.24, 2.45) is 0 Å². The van der Waals surface area contributed by atoms with Crippen molar-refractivity contribution in [1.29, 1.82) is 0 Å². The minimum absolute atomic E-state index is 1.22. The molecule has 0 N–H and O–H groups in total. The van der Waals surface area contributed by atoms with E-state index in [0.717, 1.165) is 0 Å². The molecule has 0 aliphatic carbocycles. The van der Waals surface area contributed by atoms with Gasteiger partial charge in [-0.15, -0.1) is 0 Å². The Morgan fingerprint density at radius 2 is 1.89 bits per heavy atom. The van der Waals surface area contributed by atoms with Crippen molar-refractivity contribution >= 4 is 10.4 Å². The number of hydrogen-bond acceptors (Lipinski definition) is 1. The first kappa shape index (κ1) is 9.18. The molecule has 0 aliphatic heterocycles. The van der Waals surface area contributed by atoms with Crippen molar-refractivity contribution in [3.8, 4) is 0 Å². The molecule has 0 saturated heterocycles. The van der Waals surface area contributed by atoms with E-state index in [1.807, 2.05) is 0 Å². The molecule has 0 amide bonds. The van der Waals surface area contributed by atoms with E-state index in [2.05, 4.69) is 18.5 Å². The van der Waals surface area contributed by atoms with Crippen LogP contribution in [0.4, 0.5) is 0 Å². The Hall–Kier alpha value is 0.177. The van der Waals surface area contributed by atoms with Crippen molar-refractivity contribution in [1.82, 2.24) is 4.57 Å². The van der Waals surface area contributed by atoms with Gasteiger partial charge < -0.3 is 4.57 Å². The van der Waals surface area contributed by atoms with Gasteiger partial charge in [0.1, 0.15) is 0 Å². The molecule has 0 atom stereocenters. The summed E-state index contributed by atoms with van der Waals surface area (Å²) in [6.45, 7) is 3.57. The van der Waals surface area contributed by atoms with Gasteiger partial charge in [-0.3, -0.25) is 0 Å². The second-order valence-corrected chi connectivity index (χ2v) is 4.39. The average Bonchev–Trinajstić information content (AvgIpc) is 1.80. The summed E-state index contributed by atoms with van der Waals surface area (Å²) in [5, 5.41) is 0. The molecule has 0 saturated carbocycles. The highest BCUT2D eigenvalue weighted by atomic mass is 28.2. The molecule has 9 heavy (non-hydrogen) atoms. The summed E-state index contributed by atoms with van der Waals surface area (Å²) >= 11 is 0.